The molecule has 0 unspecified atom stereocenters. The maximum atomic E-state index is 13.0. The summed E-state index contributed by atoms with van der Waals surface area (Å²) in [6, 6.07) is 9.11. The summed E-state index contributed by atoms with van der Waals surface area (Å²) in [6.45, 7) is -0.0949. The lowest BCUT2D eigenvalue weighted by Crippen LogP contribution is -2.30. The second-order valence-corrected chi connectivity index (χ2v) is 6.53. The molecule has 29 heavy (non-hydrogen) atoms. The minimum absolute atomic E-state index is 0. The van der Waals surface area contributed by atoms with Crippen LogP contribution in [-0.4, -0.2) is 18.0 Å². The summed E-state index contributed by atoms with van der Waals surface area (Å²) in [5.74, 6) is -0.603. The third-order valence-corrected chi connectivity index (χ3v) is 4.11. The van der Waals surface area contributed by atoms with E-state index >= 15 is 0 Å². The Kier molecular flexibility index (Phi) is 7.10. The minimum atomic E-state index is -4.55. The Morgan fingerprint density at radius 2 is 1.76 bits per heavy atom. The van der Waals surface area contributed by atoms with Gasteiger partial charge in [0.2, 0.25) is 0 Å². The minimum Gasteiger partial charge on any atom is -0.335 e. The largest absolute Gasteiger partial charge is 0.416 e. The number of amides is 3. The molecule has 0 radical (unpaired) electrons. The number of nitrogens with one attached hydrogen (secondary N) is 3. The van der Waals surface area contributed by atoms with E-state index in [0.717, 1.165) is 25.0 Å². The van der Waals surface area contributed by atoms with Crippen LogP contribution in [0.3, 0.4) is 0 Å². The zero-order chi connectivity index (χ0) is 20.3. The average Bonchev–Trinajstić information content (AvgIpc) is 3.44. The fraction of sp³-hybridized carbons (Fsp3) is 0.263. The number of hydrogen-bond donors (Lipinski definition) is 4. The van der Waals surface area contributed by atoms with Gasteiger partial charge in [0.25, 0.3) is 5.91 Å². The summed E-state index contributed by atoms with van der Waals surface area (Å²) in [6.07, 6.45) is -2.67. The van der Waals surface area contributed by atoms with Crippen molar-refractivity contribution in [2.75, 3.05) is 10.6 Å². The first-order valence-electron chi connectivity index (χ1n) is 8.65. The topological polar surface area (TPSA) is 96.2 Å². The van der Waals surface area contributed by atoms with Crippen LogP contribution in [0.4, 0.5) is 29.3 Å². The maximum Gasteiger partial charge on any atom is 0.416 e. The number of anilines is 2. The van der Waals surface area contributed by atoms with Crippen molar-refractivity contribution in [1.82, 2.24) is 5.32 Å². The number of halogens is 4. The fourth-order valence-corrected chi connectivity index (χ4v) is 2.57. The number of nitrogens with two attached hydrogens (primary N) is 1. The molecule has 1 fully saturated rings. The lowest BCUT2D eigenvalue weighted by molar-refractivity contribution is -0.137. The van der Waals surface area contributed by atoms with Gasteiger partial charge in [0.05, 0.1) is 5.56 Å². The van der Waals surface area contributed by atoms with Crippen LogP contribution in [0.15, 0.2) is 42.5 Å². The Morgan fingerprint density at radius 1 is 1.03 bits per heavy atom. The molecule has 0 aromatic heterocycles. The summed E-state index contributed by atoms with van der Waals surface area (Å²) in [5.41, 5.74) is 5.39. The van der Waals surface area contributed by atoms with Crippen LogP contribution >= 0.6 is 12.4 Å². The first-order chi connectivity index (χ1) is 13.2. The van der Waals surface area contributed by atoms with Crippen molar-refractivity contribution in [3.8, 4) is 0 Å². The van der Waals surface area contributed by atoms with E-state index in [9.17, 15) is 22.8 Å². The van der Waals surface area contributed by atoms with Crippen molar-refractivity contribution >= 4 is 35.7 Å². The maximum absolute atomic E-state index is 13.0. The molecule has 0 atom stereocenters. The smallest absolute Gasteiger partial charge is 0.335 e. The molecule has 1 aliphatic rings. The number of carbonyl (C=O) groups is 2. The second-order valence-electron chi connectivity index (χ2n) is 6.53. The van der Waals surface area contributed by atoms with Crippen molar-refractivity contribution in [2.45, 2.75) is 31.6 Å². The summed E-state index contributed by atoms with van der Waals surface area (Å²) in [4.78, 5) is 24.2. The van der Waals surface area contributed by atoms with Gasteiger partial charge in [-0.2, -0.15) is 13.2 Å². The molecule has 3 amide bonds. The lowest BCUT2D eigenvalue weighted by Gasteiger charge is -2.13. The monoisotopic (exact) mass is 428 g/mol. The van der Waals surface area contributed by atoms with Gasteiger partial charge >= 0.3 is 12.2 Å². The molecule has 3 rings (SSSR count). The molecule has 2 aromatic carbocycles. The molecule has 6 nitrogen and oxygen atoms in total. The highest BCUT2D eigenvalue weighted by atomic mass is 35.5. The molecule has 10 heteroatoms. The number of urea groups is 1. The Balaban J connectivity index is 0.00000300. The van der Waals surface area contributed by atoms with Crippen molar-refractivity contribution in [3.63, 3.8) is 0 Å². The highest BCUT2D eigenvalue weighted by Gasteiger charge is 2.31. The molecule has 1 saturated carbocycles. The van der Waals surface area contributed by atoms with Gasteiger partial charge in [-0.15, -0.1) is 12.4 Å². The second kappa shape index (κ2) is 9.15. The van der Waals surface area contributed by atoms with Crippen molar-refractivity contribution in [1.29, 1.82) is 0 Å². The van der Waals surface area contributed by atoms with E-state index in [1.54, 1.807) is 12.1 Å². The summed E-state index contributed by atoms with van der Waals surface area (Å²) in [7, 11) is 0. The first-order valence-corrected chi connectivity index (χ1v) is 8.65. The van der Waals surface area contributed by atoms with E-state index in [0.29, 0.717) is 5.69 Å². The van der Waals surface area contributed by atoms with Gasteiger partial charge in [0, 0.05) is 29.5 Å². The first kappa shape index (κ1) is 22.5. The van der Waals surface area contributed by atoms with Crippen LogP contribution < -0.4 is 21.7 Å². The molecule has 156 valence electrons. The quantitative estimate of drug-likeness (QED) is 0.576. The number of alkyl halides is 3. The molecule has 0 heterocycles. The predicted molar refractivity (Wildman–Crippen MR) is 106 cm³/mol. The van der Waals surface area contributed by atoms with E-state index < -0.39 is 17.6 Å². The summed E-state index contributed by atoms with van der Waals surface area (Å²) < 4.78 is 39.0. The standard InChI is InChI=1S/C19H19F3N4O2.ClH/c20-19(21,22)13-6-11(10-23)7-16(9-13)24-17(27)12-2-1-3-15(8-12)26-18(28)25-14-4-5-14;/h1-3,6-9,14H,4-5,10,23H2,(H,24,27)(H2,25,26,28);1H. The third-order valence-electron chi connectivity index (χ3n) is 4.11. The van der Waals surface area contributed by atoms with Gasteiger partial charge in [0.15, 0.2) is 0 Å². The van der Waals surface area contributed by atoms with E-state index in [1.807, 2.05) is 0 Å². The molecule has 0 bridgehead atoms. The lowest BCUT2D eigenvalue weighted by atomic mass is 10.1. The Bertz CT molecular complexity index is 901. The zero-order valence-electron chi connectivity index (χ0n) is 15.2. The van der Waals surface area contributed by atoms with Crippen LogP contribution in [0.2, 0.25) is 0 Å². The normalized spacial score (nSPS) is 13.2. The van der Waals surface area contributed by atoms with Crippen molar-refractivity contribution in [2.24, 2.45) is 5.73 Å². The van der Waals surface area contributed by atoms with E-state index in [-0.39, 0.29) is 47.8 Å². The zero-order valence-corrected chi connectivity index (χ0v) is 16.0. The van der Waals surface area contributed by atoms with Gasteiger partial charge in [-0.05, 0) is 54.8 Å². The van der Waals surface area contributed by atoms with E-state index in [4.69, 9.17) is 5.73 Å². The Hall–Kier alpha value is -2.78. The molecule has 0 aliphatic heterocycles. The molecule has 0 spiro atoms. The highest BCUT2D eigenvalue weighted by molar-refractivity contribution is 6.05. The van der Waals surface area contributed by atoms with E-state index in [1.165, 1.54) is 18.2 Å². The van der Waals surface area contributed by atoms with Crippen molar-refractivity contribution in [3.05, 3.63) is 59.2 Å². The SMILES string of the molecule is Cl.NCc1cc(NC(=O)c2cccc(NC(=O)NC3CC3)c2)cc(C(F)(F)F)c1. The predicted octanol–water partition coefficient (Wildman–Crippen LogP) is 4.12. The fourth-order valence-electron chi connectivity index (χ4n) is 2.57. The number of carbonyl (C=O) groups excluding carboxylic acids is 2. The van der Waals surface area contributed by atoms with Crippen LogP contribution in [0.25, 0.3) is 0 Å². The molecule has 5 N–H and O–H groups in total. The number of hydrogen-bond acceptors (Lipinski definition) is 3. The number of benzene rings is 2. The summed E-state index contributed by atoms with van der Waals surface area (Å²) >= 11 is 0. The molecular weight excluding hydrogens is 409 g/mol. The molecule has 2 aromatic rings. The summed E-state index contributed by atoms with van der Waals surface area (Å²) in [5, 5.41) is 7.82. The Labute approximate surface area is 171 Å². The van der Waals surface area contributed by atoms with Crippen LogP contribution in [0, 0.1) is 0 Å². The Morgan fingerprint density at radius 3 is 2.38 bits per heavy atom. The number of rotatable bonds is 5. The van der Waals surface area contributed by atoms with Gasteiger partial charge in [-0.3, -0.25) is 4.79 Å². The highest BCUT2D eigenvalue weighted by Crippen LogP contribution is 2.32. The van der Waals surface area contributed by atoms with Crippen molar-refractivity contribution < 1.29 is 22.8 Å². The average molecular weight is 429 g/mol. The van der Waals surface area contributed by atoms with Crippen LogP contribution in [-0.2, 0) is 12.7 Å². The molecule has 1 aliphatic carbocycles. The van der Waals surface area contributed by atoms with Crippen LogP contribution in [0.1, 0.15) is 34.3 Å². The van der Waals surface area contributed by atoms with E-state index in [2.05, 4.69) is 16.0 Å². The third kappa shape index (κ3) is 6.37. The molecular formula is C19H20ClF3N4O2. The van der Waals surface area contributed by atoms with Gasteiger partial charge in [-0.1, -0.05) is 6.07 Å². The van der Waals surface area contributed by atoms with Crippen LogP contribution in [0.5, 0.6) is 0 Å². The van der Waals surface area contributed by atoms with Gasteiger partial charge < -0.3 is 21.7 Å². The molecule has 0 saturated heterocycles. The van der Waals surface area contributed by atoms with Gasteiger partial charge in [-0.25, -0.2) is 4.79 Å². The van der Waals surface area contributed by atoms with Gasteiger partial charge in [0.1, 0.15) is 0 Å².